The number of ether oxygens (including phenoxy) is 7. The molecule has 1 N–H and O–H groups in total. The van der Waals surface area contributed by atoms with Gasteiger partial charge in [0.25, 0.3) is 5.56 Å². The highest BCUT2D eigenvalue weighted by Crippen LogP contribution is 2.45. The average Bonchev–Trinajstić information content (AvgIpc) is 3.13. The van der Waals surface area contributed by atoms with Crippen molar-refractivity contribution in [1.82, 2.24) is 4.57 Å². The zero-order valence-electron chi connectivity index (χ0n) is 29.9. The molecule has 5 aromatic rings. The van der Waals surface area contributed by atoms with Crippen LogP contribution < -0.4 is 34.6 Å². The number of carbonyl (C=O) groups is 3. The van der Waals surface area contributed by atoms with Crippen LogP contribution in [0.5, 0.6) is 28.7 Å². The number of pyridine rings is 1. The van der Waals surface area contributed by atoms with Crippen molar-refractivity contribution in [3.8, 4) is 45.6 Å². The summed E-state index contributed by atoms with van der Waals surface area (Å²) in [6.45, 7) is 5.22. The minimum Gasteiger partial charge on any atom is -0.493 e. The van der Waals surface area contributed by atoms with Crippen LogP contribution in [0.4, 0.5) is 10.5 Å². The third-order valence-electron chi connectivity index (χ3n) is 7.78. The number of hydrogen-bond acceptors (Lipinski definition) is 11. The SMILES string of the molecule is COC(=O)c1c(-c2cc(OC)c(OC)c(OC)c2)c2cc(OC)c(OC(=O)c3ccccc3)cc2c(=O)n1-c1ccc(NC(=O)OC(C)(C)C)cc1. The van der Waals surface area contributed by atoms with Crippen LogP contribution in [0.3, 0.4) is 0 Å². The van der Waals surface area contributed by atoms with Gasteiger partial charge in [0.2, 0.25) is 5.75 Å². The third-order valence-corrected chi connectivity index (χ3v) is 7.78. The number of benzene rings is 4. The summed E-state index contributed by atoms with van der Waals surface area (Å²) in [7, 11) is 6.94. The summed E-state index contributed by atoms with van der Waals surface area (Å²) in [6, 6.07) is 20.7. The van der Waals surface area contributed by atoms with Crippen LogP contribution >= 0.6 is 0 Å². The van der Waals surface area contributed by atoms with Crippen LogP contribution in [0, 0.1) is 0 Å². The lowest BCUT2D eigenvalue weighted by Gasteiger charge is -2.22. The minimum atomic E-state index is -0.850. The smallest absolute Gasteiger partial charge is 0.412 e. The Hall–Kier alpha value is -6.50. The number of esters is 2. The summed E-state index contributed by atoms with van der Waals surface area (Å²) < 4.78 is 40.0. The summed E-state index contributed by atoms with van der Waals surface area (Å²) in [4.78, 5) is 54.1. The van der Waals surface area contributed by atoms with E-state index in [1.165, 1.54) is 52.2 Å². The van der Waals surface area contributed by atoms with Gasteiger partial charge in [0, 0.05) is 22.3 Å². The fraction of sp³-hybridized carbons (Fsp3) is 0.231. The third kappa shape index (κ3) is 7.48. The Morgan fingerprint density at radius 3 is 1.81 bits per heavy atom. The van der Waals surface area contributed by atoms with E-state index in [1.807, 2.05) is 0 Å². The number of fused-ring (bicyclic) bond motifs is 1. The van der Waals surface area contributed by atoms with E-state index in [1.54, 1.807) is 87.5 Å². The quantitative estimate of drug-likeness (QED) is 0.117. The van der Waals surface area contributed by atoms with Crippen LogP contribution in [0.1, 0.15) is 41.6 Å². The number of anilines is 1. The molecule has 52 heavy (non-hydrogen) atoms. The summed E-state index contributed by atoms with van der Waals surface area (Å²) in [5.41, 5.74) is -0.0223. The molecule has 270 valence electrons. The number of amides is 1. The topological polar surface area (TPSA) is 150 Å². The fourth-order valence-electron chi connectivity index (χ4n) is 5.55. The Morgan fingerprint density at radius 2 is 1.27 bits per heavy atom. The van der Waals surface area contributed by atoms with Crippen LogP contribution in [-0.2, 0) is 9.47 Å². The van der Waals surface area contributed by atoms with Crippen molar-refractivity contribution in [2.75, 3.05) is 40.9 Å². The molecule has 13 heteroatoms. The maximum Gasteiger partial charge on any atom is 0.412 e. The number of hydrogen-bond donors (Lipinski definition) is 1. The molecule has 0 aliphatic carbocycles. The van der Waals surface area contributed by atoms with Gasteiger partial charge in [-0.15, -0.1) is 0 Å². The van der Waals surface area contributed by atoms with Gasteiger partial charge >= 0.3 is 18.0 Å². The molecule has 5 rings (SSSR count). The van der Waals surface area contributed by atoms with E-state index in [-0.39, 0.29) is 56.3 Å². The van der Waals surface area contributed by atoms with E-state index in [0.717, 1.165) is 0 Å². The fourth-order valence-corrected chi connectivity index (χ4v) is 5.55. The van der Waals surface area contributed by atoms with E-state index in [2.05, 4.69) is 5.32 Å². The van der Waals surface area contributed by atoms with Crippen molar-refractivity contribution in [2.24, 2.45) is 0 Å². The molecule has 0 atom stereocenters. The summed E-state index contributed by atoms with van der Waals surface area (Å²) in [5.74, 6) is -0.609. The lowest BCUT2D eigenvalue weighted by molar-refractivity contribution is 0.0589. The lowest BCUT2D eigenvalue weighted by Crippen LogP contribution is -2.28. The van der Waals surface area contributed by atoms with Gasteiger partial charge in [0.05, 0.1) is 46.5 Å². The predicted molar refractivity (Wildman–Crippen MR) is 194 cm³/mol. The summed E-state index contributed by atoms with van der Waals surface area (Å²) in [5, 5.41) is 2.97. The van der Waals surface area contributed by atoms with Crippen molar-refractivity contribution in [3.05, 3.63) is 100 Å². The van der Waals surface area contributed by atoms with Crippen molar-refractivity contribution < 1.29 is 47.5 Å². The molecule has 0 fully saturated rings. The van der Waals surface area contributed by atoms with Gasteiger partial charge in [-0.05, 0) is 87.0 Å². The largest absolute Gasteiger partial charge is 0.493 e. The minimum absolute atomic E-state index is 0.0360. The standard InChI is InChI=1S/C39H38N2O11/c1-39(2,3)52-38(45)40-24-14-16-25(17-15-24)41-33(37(44)50-8)32(23-18-30(47-5)34(49-7)31(19-23)48-6)26-20-28(46-4)29(21-27(26)35(41)42)51-36(43)22-12-10-9-11-13-22/h9-21H,1-8H3,(H,40,45). The second kappa shape index (κ2) is 15.2. The number of rotatable bonds is 10. The number of methoxy groups -OCH3 is 5. The van der Waals surface area contributed by atoms with Crippen LogP contribution in [0.25, 0.3) is 27.6 Å². The van der Waals surface area contributed by atoms with Gasteiger partial charge in [-0.3, -0.25) is 14.7 Å². The summed E-state index contributed by atoms with van der Waals surface area (Å²) in [6.07, 6.45) is -0.672. The molecule has 0 aliphatic rings. The van der Waals surface area contributed by atoms with E-state index in [4.69, 9.17) is 33.2 Å². The number of nitrogens with one attached hydrogen (secondary N) is 1. The van der Waals surface area contributed by atoms with Crippen molar-refractivity contribution in [3.63, 3.8) is 0 Å². The van der Waals surface area contributed by atoms with Crippen molar-refractivity contribution in [2.45, 2.75) is 26.4 Å². The second-order valence-corrected chi connectivity index (χ2v) is 12.2. The summed E-state index contributed by atoms with van der Waals surface area (Å²) >= 11 is 0. The molecule has 1 aromatic heterocycles. The van der Waals surface area contributed by atoms with E-state index < -0.39 is 29.2 Å². The van der Waals surface area contributed by atoms with Gasteiger partial charge in [0.15, 0.2) is 23.0 Å². The number of nitrogens with zero attached hydrogens (tertiary/aromatic N) is 1. The van der Waals surface area contributed by atoms with Gasteiger partial charge in [-0.2, -0.15) is 0 Å². The molecule has 0 radical (unpaired) electrons. The molecule has 1 heterocycles. The highest BCUT2D eigenvalue weighted by Gasteiger charge is 2.29. The predicted octanol–water partition coefficient (Wildman–Crippen LogP) is 7.04. The van der Waals surface area contributed by atoms with E-state index in [9.17, 15) is 19.2 Å². The second-order valence-electron chi connectivity index (χ2n) is 12.2. The Morgan fingerprint density at radius 1 is 0.673 bits per heavy atom. The molecule has 0 aliphatic heterocycles. The van der Waals surface area contributed by atoms with Gasteiger partial charge in [-0.1, -0.05) is 18.2 Å². The molecule has 1 amide bonds. The van der Waals surface area contributed by atoms with Gasteiger partial charge in [-0.25, -0.2) is 14.4 Å². The zero-order chi connectivity index (χ0) is 37.7. The average molecular weight is 711 g/mol. The Labute approximate surface area is 299 Å². The molecule has 0 saturated heterocycles. The van der Waals surface area contributed by atoms with Gasteiger partial charge < -0.3 is 33.2 Å². The van der Waals surface area contributed by atoms with Crippen LogP contribution in [0.2, 0.25) is 0 Å². The van der Waals surface area contributed by atoms with Crippen molar-refractivity contribution in [1.29, 1.82) is 0 Å². The Balaban J connectivity index is 1.84. The molecule has 4 aromatic carbocycles. The number of aromatic nitrogens is 1. The Kier molecular flexibility index (Phi) is 10.7. The van der Waals surface area contributed by atoms with E-state index >= 15 is 0 Å². The normalized spacial score (nSPS) is 11.0. The highest BCUT2D eigenvalue weighted by molar-refractivity contribution is 6.08. The molecule has 0 bridgehead atoms. The van der Waals surface area contributed by atoms with E-state index in [0.29, 0.717) is 17.0 Å². The lowest BCUT2D eigenvalue weighted by atomic mass is 9.95. The highest BCUT2D eigenvalue weighted by atomic mass is 16.6. The zero-order valence-corrected chi connectivity index (χ0v) is 29.9. The number of carbonyl (C=O) groups excluding carboxylic acids is 3. The molecule has 0 spiro atoms. The van der Waals surface area contributed by atoms with Crippen LogP contribution in [0.15, 0.2) is 83.7 Å². The first-order valence-electron chi connectivity index (χ1n) is 15.9. The molecular formula is C39H38N2O11. The van der Waals surface area contributed by atoms with Crippen molar-refractivity contribution >= 4 is 34.5 Å². The Bertz CT molecular complexity index is 2180. The van der Waals surface area contributed by atoms with Crippen LogP contribution in [-0.4, -0.2) is 63.7 Å². The maximum absolute atomic E-state index is 14.6. The molecule has 13 nitrogen and oxygen atoms in total. The monoisotopic (exact) mass is 710 g/mol. The first-order chi connectivity index (χ1) is 24.8. The molecular weight excluding hydrogens is 672 g/mol. The van der Waals surface area contributed by atoms with Gasteiger partial charge in [0.1, 0.15) is 11.3 Å². The first kappa shape index (κ1) is 36.8. The maximum atomic E-state index is 14.6. The molecule has 0 unspecified atom stereocenters. The first-order valence-corrected chi connectivity index (χ1v) is 15.9. The molecule has 0 saturated carbocycles.